The largest absolute Gasteiger partial charge is 0.478 e. The lowest BCUT2D eigenvalue weighted by atomic mass is 10.1. The number of rotatable bonds is 3. The molecule has 108 valence electrons. The number of thioether (sulfide) groups is 1. The van der Waals surface area contributed by atoms with E-state index in [2.05, 4.69) is 40.7 Å². The van der Waals surface area contributed by atoms with Gasteiger partial charge in [0.25, 0.3) is 0 Å². The molecule has 1 aliphatic rings. The van der Waals surface area contributed by atoms with Gasteiger partial charge in [-0.15, -0.1) is 0 Å². The van der Waals surface area contributed by atoms with Crippen LogP contribution in [0, 0.1) is 0 Å². The van der Waals surface area contributed by atoms with Crippen molar-refractivity contribution in [1.29, 1.82) is 0 Å². The standard InChI is InChI=1S/C15H18BrNO2S/c1-15(2)10-17(7-8-20-15)13-5-4-12(16)9-11(13)3-6-14(18)19/h3-6,9H,7-8,10H2,1-2H3,(H,18,19)/b6-3+. The number of halogens is 1. The Hall–Kier alpha value is -0.940. The van der Waals surface area contributed by atoms with Crippen LogP contribution in [-0.4, -0.2) is 34.7 Å². The third-order valence-corrected chi connectivity index (χ3v) is 4.95. The zero-order valence-corrected chi connectivity index (χ0v) is 14.0. The maximum absolute atomic E-state index is 10.7. The van der Waals surface area contributed by atoms with Crippen molar-refractivity contribution in [3.8, 4) is 0 Å². The third-order valence-electron chi connectivity index (χ3n) is 3.16. The van der Waals surface area contributed by atoms with Gasteiger partial charge in [-0.3, -0.25) is 0 Å². The number of nitrogens with zero attached hydrogens (tertiary/aromatic N) is 1. The summed E-state index contributed by atoms with van der Waals surface area (Å²) in [5.41, 5.74) is 2.03. The van der Waals surface area contributed by atoms with Gasteiger partial charge in [-0.05, 0) is 43.7 Å². The zero-order chi connectivity index (χ0) is 14.8. The summed E-state index contributed by atoms with van der Waals surface area (Å²) in [5, 5.41) is 8.81. The molecule has 1 aliphatic heterocycles. The smallest absolute Gasteiger partial charge is 0.328 e. The van der Waals surface area contributed by atoms with E-state index >= 15 is 0 Å². The quantitative estimate of drug-likeness (QED) is 0.835. The second kappa shape index (κ2) is 6.22. The van der Waals surface area contributed by atoms with Gasteiger partial charge in [-0.2, -0.15) is 11.8 Å². The summed E-state index contributed by atoms with van der Waals surface area (Å²) < 4.78 is 1.18. The van der Waals surface area contributed by atoms with Crippen molar-refractivity contribution in [3.63, 3.8) is 0 Å². The summed E-state index contributed by atoms with van der Waals surface area (Å²) in [7, 11) is 0. The summed E-state index contributed by atoms with van der Waals surface area (Å²) in [5.74, 6) is 0.163. The van der Waals surface area contributed by atoms with Crippen LogP contribution >= 0.6 is 27.7 Å². The highest BCUT2D eigenvalue weighted by molar-refractivity contribution is 9.10. The lowest BCUT2D eigenvalue weighted by molar-refractivity contribution is -0.131. The molecular formula is C15H18BrNO2S. The number of benzene rings is 1. The highest BCUT2D eigenvalue weighted by atomic mass is 79.9. The van der Waals surface area contributed by atoms with Crippen LogP contribution in [-0.2, 0) is 4.79 Å². The maximum atomic E-state index is 10.7. The van der Waals surface area contributed by atoms with Crippen LogP contribution < -0.4 is 4.90 Å². The Morgan fingerprint density at radius 2 is 2.25 bits per heavy atom. The molecule has 1 heterocycles. The number of carbonyl (C=O) groups is 1. The molecule has 0 saturated carbocycles. The van der Waals surface area contributed by atoms with E-state index in [1.165, 1.54) is 6.08 Å². The molecule has 0 aliphatic carbocycles. The summed E-state index contributed by atoms with van der Waals surface area (Å²) in [6.45, 7) is 6.45. The molecule has 0 aromatic heterocycles. The van der Waals surface area contributed by atoms with Crippen molar-refractivity contribution < 1.29 is 9.90 Å². The molecule has 0 radical (unpaired) electrons. The summed E-state index contributed by atoms with van der Waals surface area (Å²) >= 11 is 5.43. The van der Waals surface area contributed by atoms with Crippen molar-refractivity contribution in [3.05, 3.63) is 34.3 Å². The normalized spacial score (nSPS) is 18.4. The molecule has 1 fully saturated rings. The van der Waals surface area contributed by atoms with Gasteiger partial charge >= 0.3 is 5.97 Å². The number of aliphatic carboxylic acids is 1. The monoisotopic (exact) mass is 355 g/mol. The number of hydrogen-bond donors (Lipinski definition) is 1. The molecule has 0 unspecified atom stereocenters. The van der Waals surface area contributed by atoms with E-state index in [0.717, 1.165) is 34.6 Å². The molecule has 1 N–H and O–H groups in total. The van der Waals surface area contributed by atoms with Crippen molar-refractivity contribution in [2.75, 3.05) is 23.7 Å². The van der Waals surface area contributed by atoms with Crippen LogP contribution in [0.1, 0.15) is 19.4 Å². The van der Waals surface area contributed by atoms with E-state index in [-0.39, 0.29) is 4.75 Å². The fraction of sp³-hybridized carbons (Fsp3) is 0.400. The van der Waals surface area contributed by atoms with E-state index in [0.29, 0.717) is 0 Å². The molecule has 0 bridgehead atoms. The lowest BCUT2D eigenvalue weighted by Crippen LogP contribution is -2.43. The first-order chi connectivity index (χ1) is 9.37. The lowest BCUT2D eigenvalue weighted by Gasteiger charge is -2.39. The van der Waals surface area contributed by atoms with Crippen LogP contribution in [0.25, 0.3) is 6.08 Å². The van der Waals surface area contributed by atoms with Crippen LogP contribution in [0.4, 0.5) is 5.69 Å². The van der Waals surface area contributed by atoms with Crippen LogP contribution in [0.2, 0.25) is 0 Å². The molecule has 5 heteroatoms. The van der Waals surface area contributed by atoms with E-state index in [9.17, 15) is 4.79 Å². The number of hydrogen-bond acceptors (Lipinski definition) is 3. The van der Waals surface area contributed by atoms with E-state index in [1.54, 1.807) is 6.08 Å². The van der Waals surface area contributed by atoms with Gasteiger partial charge in [-0.25, -0.2) is 4.79 Å². The Bertz CT molecular complexity index is 543. The van der Waals surface area contributed by atoms with Crippen molar-refractivity contribution >= 4 is 45.4 Å². The first kappa shape index (κ1) is 15.4. The van der Waals surface area contributed by atoms with Crippen LogP contribution in [0.5, 0.6) is 0 Å². The Morgan fingerprint density at radius 1 is 1.50 bits per heavy atom. The second-order valence-corrected chi connectivity index (χ2v) is 8.12. The van der Waals surface area contributed by atoms with Crippen molar-refractivity contribution in [2.24, 2.45) is 0 Å². The van der Waals surface area contributed by atoms with Crippen molar-refractivity contribution in [1.82, 2.24) is 0 Å². The topological polar surface area (TPSA) is 40.5 Å². The van der Waals surface area contributed by atoms with Crippen LogP contribution in [0.3, 0.4) is 0 Å². The van der Waals surface area contributed by atoms with E-state index < -0.39 is 5.97 Å². The van der Waals surface area contributed by atoms with Crippen LogP contribution in [0.15, 0.2) is 28.7 Å². The number of carboxylic acid groups (broad SMARTS) is 1. The maximum Gasteiger partial charge on any atom is 0.328 e. The van der Waals surface area contributed by atoms with E-state index in [1.807, 2.05) is 23.9 Å². The van der Waals surface area contributed by atoms with Gasteiger partial charge < -0.3 is 10.0 Å². The molecule has 20 heavy (non-hydrogen) atoms. The molecule has 0 spiro atoms. The highest BCUT2D eigenvalue weighted by Gasteiger charge is 2.27. The summed E-state index contributed by atoms with van der Waals surface area (Å²) in [6.07, 6.45) is 2.85. The van der Waals surface area contributed by atoms with Gasteiger partial charge in [0.05, 0.1) is 0 Å². The molecule has 0 amide bonds. The van der Waals surface area contributed by atoms with E-state index in [4.69, 9.17) is 5.11 Å². The number of carboxylic acids is 1. The average Bonchev–Trinajstić information content (AvgIpc) is 2.35. The fourth-order valence-corrected chi connectivity index (χ4v) is 3.82. The zero-order valence-electron chi connectivity index (χ0n) is 11.6. The first-order valence-electron chi connectivity index (χ1n) is 6.47. The van der Waals surface area contributed by atoms with Gasteiger partial charge in [0, 0.05) is 39.8 Å². The first-order valence-corrected chi connectivity index (χ1v) is 8.25. The highest BCUT2D eigenvalue weighted by Crippen LogP contribution is 2.34. The molecular weight excluding hydrogens is 338 g/mol. The summed E-state index contributed by atoms with van der Waals surface area (Å²) in [6, 6.07) is 6.02. The minimum atomic E-state index is -0.926. The Balaban J connectivity index is 2.33. The Morgan fingerprint density at radius 3 is 2.90 bits per heavy atom. The molecule has 1 aromatic carbocycles. The van der Waals surface area contributed by atoms with Gasteiger partial charge in [0.2, 0.25) is 0 Å². The second-order valence-electron chi connectivity index (χ2n) is 5.40. The Kier molecular flexibility index (Phi) is 4.81. The Labute approximate surface area is 132 Å². The molecule has 3 nitrogen and oxygen atoms in total. The fourth-order valence-electron chi connectivity index (χ4n) is 2.33. The predicted octanol–water partition coefficient (Wildman–Crippen LogP) is 3.88. The minimum absolute atomic E-state index is 0.221. The number of anilines is 1. The third kappa shape index (κ3) is 4.03. The summed E-state index contributed by atoms with van der Waals surface area (Å²) in [4.78, 5) is 13.1. The SMILES string of the molecule is CC1(C)CN(c2ccc(Br)cc2/C=C/C(=O)O)CCS1. The molecule has 1 aromatic rings. The molecule has 2 rings (SSSR count). The van der Waals surface area contributed by atoms with Gasteiger partial charge in [0.15, 0.2) is 0 Å². The predicted molar refractivity (Wildman–Crippen MR) is 89.6 cm³/mol. The molecule has 0 atom stereocenters. The average molecular weight is 356 g/mol. The minimum Gasteiger partial charge on any atom is -0.478 e. The van der Waals surface area contributed by atoms with Gasteiger partial charge in [0.1, 0.15) is 0 Å². The van der Waals surface area contributed by atoms with Gasteiger partial charge in [-0.1, -0.05) is 15.9 Å². The molecule has 1 saturated heterocycles. The van der Waals surface area contributed by atoms with Crippen molar-refractivity contribution in [2.45, 2.75) is 18.6 Å².